The summed E-state index contributed by atoms with van der Waals surface area (Å²) in [5.41, 5.74) is 9.82. The van der Waals surface area contributed by atoms with Crippen LogP contribution in [-0.2, 0) is 6.54 Å². The fourth-order valence-corrected chi connectivity index (χ4v) is 5.34. The Morgan fingerprint density at radius 3 is 2.09 bits per heavy atom. The Bertz CT molecular complexity index is 1680. The molecule has 6 aromatic rings. The summed E-state index contributed by atoms with van der Waals surface area (Å²) in [5.74, 6) is 0. The summed E-state index contributed by atoms with van der Waals surface area (Å²) in [6, 6.07) is 32.9. The van der Waals surface area contributed by atoms with Crippen molar-refractivity contribution in [3.05, 3.63) is 108 Å². The van der Waals surface area contributed by atoms with Crippen molar-refractivity contribution in [2.45, 2.75) is 13.5 Å². The van der Waals surface area contributed by atoms with Crippen LogP contribution in [0.5, 0.6) is 0 Å². The molecule has 0 aliphatic carbocycles. The second-order valence-corrected chi connectivity index (χ2v) is 8.76. The van der Waals surface area contributed by atoms with E-state index in [1.54, 1.807) is 0 Å². The fraction of sp³-hybridized carbons (Fsp3) is 0.0667. The number of nitrogens with zero attached hydrogens (tertiary/aromatic N) is 2. The topological polar surface area (TPSA) is 16.8 Å². The molecular formula is C30H21N2+. The third kappa shape index (κ3) is 2.47. The van der Waals surface area contributed by atoms with Crippen molar-refractivity contribution in [2.24, 2.45) is 0 Å². The summed E-state index contributed by atoms with van der Waals surface area (Å²) in [6.07, 6.45) is 2.19. The van der Waals surface area contributed by atoms with Crippen LogP contribution in [0.2, 0.25) is 0 Å². The average molecular weight is 410 g/mol. The van der Waals surface area contributed by atoms with Gasteiger partial charge in [-0.05, 0) is 58.1 Å². The van der Waals surface area contributed by atoms with Crippen LogP contribution < -0.4 is 4.57 Å². The number of fused-ring (bicyclic) bond motifs is 3. The molecule has 2 nitrogen and oxygen atoms in total. The van der Waals surface area contributed by atoms with E-state index in [4.69, 9.17) is 4.98 Å². The van der Waals surface area contributed by atoms with E-state index in [0.717, 1.165) is 17.8 Å². The highest BCUT2D eigenvalue weighted by atomic mass is 15.0. The SMILES string of the molecule is Cc1c[n+]2c3c(n1)c1ccc(-c4ccccc4)cc1c1cc(-c4ccccc4)cc(c13)C2. The second-order valence-electron chi connectivity index (χ2n) is 8.76. The van der Waals surface area contributed by atoms with Crippen molar-refractivity contribution in [2.75, 3.05) is 0 Å². The first-order chi connectivity index (χ1) is 15.8. The first kappa shape index (κ1) is 17.6. The molecule has 0 fully saturated rings. The molecule has 0 saturated heterocycles. The number of hydrogen-bond acceptors (Lipinski definition) is 1. The minimum absolute atomic E-state index is 0.897. The van der Waals surface area contributed by atoms with E-state index in [-0.39, 0.29) is 0 Å². The molecule has 0 unspecified atom stereocenters. The van der Waals surface area contributed by atoms with Crippen LogP contribution >= 0.6 is 0 Å². The lowest BCUT2D eigenvalue weighted by atomic mass is 9.92. The van der Waals surface area contributed by atoms with Gasteiger partial charge in [-0.15, -0.1) is 0 Å². The molecule has 0 N–H and O–H groups in total. The number of rotatable bonds is 2. The van der Waals surface area contributed by atoms with E-state index in [0.29, 0.717) is 0 Å². The van der Waals surface area contributed by atoms with E-state index in [9.17, 15) is 0 Å². The van der Waals surface area contributed by atoms with Crippen molar-refractivity contribution < 1.29 is 4.57 Å². The highest BCUT2D eigenvalue weighted by Gasteiger charge is 2.28. The lowest BCUT2D eigenvalue weighted by molar-refractivity contribution is -0.658. The number of hydrogen-bond donors (Lipinski definition) is 0. The van der Waals surface area contributed by atoms with Gasteiger partial charge in [-0.1, -0.05) is 72.8 Å². The van der Waals surface area contributed by atoms with Crippen LogP contribution in [0.3, 0.4) is 0 Å². The Hall–Kier alpha value is -4.04. The molecule has 2 heteroatoms. The minimum Gasteiger partial charge on any atom is -0.240 e. The monoisotopic (exact) mass is 409 g/mol. The molecule has 7 rings (SSSR count). The predicted octanol–water partition coefficient (Wildman–Crippen LogP) is 6.83. The van der Waals surface area contributed by atoms with Crippen molar-refractivity contribution in [1.29, 1.82) is 0 Å². The quantitative estimate of drug-likeness (QED) is 0.226. The van der Waals surface area contributed by atoms with Gasteiger partial charge in [0.05, 0.1) is 5.39 Å². The maximum absolute atomic E-state index is 5.01. The lowest BCUT2D eigenvalue weighted by Crippen LogP contribution is -2.32. The van der Waals surface area contributed by atoms with Crippen molar-refractivity contribution >= 4 is 32.6 Å². The molecule has 150 valence electrons. The summed E-state index contributed by atoms with van der Waals surface area (Å²) < 4.78 is 2.38. The summed E-state index contributed by atoms with van der Waals surface area (Å²) in [7, 11) is 0. The molecule has 0 spiro atoms. The third-order valence-electron chi connectivity index (χ3n) is 6.72. The standard InChI is InChI=1S/C30H21N2/c1-19-17-32-18-24-14-23(21-10-6-3-7-11-21)16-27-26-15-22(20-8-4-2-5-9-20)12-13-25(26)29(31-19)30(32)28(24)27/h2-17H,18H2,1H3/q+1. The largest absolute Gasteiger partial charge is 0.240 e. The number of aromatic nitrogens is 2. The smallest absolute Gasteiger partial charge is 0.240 e. The van der Waals surface area contributed by atoms with E-state index in [1.165, 1.54) is 54.9 Å². The molecule has 0 bridgehead atoms. The molecule has 32 heavy (non-hydrogen) atoms. The van der Waals surface area contributed by atoms with Gasteiger partial charge in [-0.25, -0.2) is 4.98 Å². The highest BCUT2D eigenvalue weighted by Crippen LogP contribution is 2.41. The van der Waals surface area contributed by atoms with Crippen LogP contribution in [0, 0.1) is 6.92 Å². The van der Waals surface area contributed by atoms with Crippen LogP contribution in [-0.4, -0.2) is 4.98 Å². The Morgan fingerprint density at radius 2 is 1.34 bits per heavy atom. The Balaban J connectivity index is 1.65. The van der Waals surface area contributed by atoms with Gasteiger partial charge in [-0.3, -0.25) is 0 Å². The maximum atomic E-state index is 5.01. The minimum atomic E-state index is 0.897. The summed E-state index contributed by atoms with van der Waals surface area (Å²) >= 11 is 0. The second kappa shape index (κ2) is 6.48. The molecule has 0 amide bonds. The maximum Gasteiger partial charge on any atom is 0.240 e. The van der Waals surface area contributed by atoms with Gasteiger partial charge < -0.3 is 0 Å². The predicted molar refractivity (Wildman–Crippen MR) is 132 cm³/mol. The first-order valence-electron chi connectivity index (χ1n) is 11.1. The molecule has 0 atom stereocenters. The summed E-state index contributed by atoms with van der Waals surface area (Å²) in [6.45, 7) is 2.99. The average Bonchev–Trinajstić information content (AvgIpc) is 3.21. The first-order valence-corrected chi connectivity index (χ1v) is 11.1. The highest BCUT2D eigenvalue weighted by molar-refractivity contribution is 6.24. The van der Waals surface area contributed by atoms with E-state index >= 15 is 0 Å². The number of benzene rings is 5. The molecular weight excluding hydrogens is 388 g/mol. The van der Waals surface area contributed by atoms with Gasteiger partial charge in [0.1, 0.15) is 11.2 Å². The van der Waals surface area contributed by atoms with Gasteiger partial charge in [0, 0.05) is 10.9 Å². The molecule has 1 aromatic heterocycles. The number of aryl methyl sites for hydroxylation is 1. The molecule has 0 radical (unpaired) electrons. The van der Waals surface area contributed by atoms with Crippen molar-refractivity contribution in [3.8, 4) is 22.3 Å². The zero-order valence-electron chi connectivity index (χ0n) is 17.8. The Kier molecular flexibility index (Phi) is 3.57. The van der Waals surface area contributed by atoms with Crippen molar-refractivity contribution in [3.63, 3.8) is 0 Å². The lowest BCUT2D eigenvalue weighted by Gasteiger charge is -2.11. The van der Waals surface area contributed by atoms with Crippen LogP contribution in [0.25, 0.3) is 54.8 Å². The molecule has 1 aliphatic heterocycles. The Morgan fingerprint density at radius 1 is 0.656 bits per heavy atom. The Labute approximate surface area is 186 Å². The third-order valence-corrected chi connectivity index (χ3v) is 6.72. The van der Waals surface area contributed by atoms with Crippen LogP contribution in [0.15, 0.2) is 97.2 Å². The van der Waals surface area contributed by atoms with Gasteiger partial charge in [0.2, 0.25) is 5.52 Å². The van der Waals surface area contributed by atoms with Crippen molar-refractivity contribution in [1.82, 2.24) is 4.98 Å². The molecule has 1 aliphatic rings. The zero-order chi connectivity index (χ0) is 21.2. The fourth-order valence-electron chi connectivity index (χ4n) is 5.34. The van der Waals surface area contributed by atoms with Gasteiger partial charge in [0.15, 0.2) is 12.7 Å². The molecule has 2 heterocycles. The molecule has 0 saturated carbocycles. The van der Waals surface area contributed by atoms with E-state index < -0.39 is 0 Å². The van der Waals surface area contributed by atoms with E-state index in [1.807, 2.05) is 0 Å². The summed E-state index contributed by atoms with van der Waals surface area (Å²) in [5, 5.41) is 5.17. The zero-order valence-corrected chi connectivity index (χ0v) is 17.8. The van der Waals surface area contributed by atoms with Crippen LogP contribution in [0.1, 0.15) is 11.3 Å². The normalized spacial score (nSPS) is 12.4. The van der Waals surface area contributed by atoms with Gasteiger partial charge in [-0.2, -0.15) is 4.57 Å². The van der Waals surface area contributed by atoms with E-state index in [2.05, 4.69) is 109 Å². The van der Waals surface area contributed by atoms with Crippen LogP contribution in [0.4, 0.5) is 0 Å². The van der Waals surface area contributed by atoms with Gasteiger partial charge in [0.25, 0.3) is 0 Å². The summed E-state index contributed by atoms with van der Waals surface area (Å²) in [4.78, 5) is 5.01. The molecule has 5 aromatic carbocycles. The van der Waals surface area contributed by atoms with Gasteiger partial charge >= 0.3 is 0 Å².